The van der Waals surface area contributed by atoms with Gasteiger partial charge in [0.25, 0.3) is 5.91 Å². The molecular formula is C30H36N4O4. The van der Waals surface area contributed by atoms with Gasteiger partial charge in [-0.3, -0.25) is 14.4 Å². The summed E-state index contributed by atoms with van der Waals surface area (Å²) in [6.45, 7) is 2.71. The standard InChI is InChI=1S/C30H36N4O4/c35-27(31-19-24-12-7-17-38-24)20-33-21-34(23-10-5-2-6-11-23)30(29(33)37)13-15-32(16-14-30)28(36)26-18-25(26)22-8-3-1-4-9-22/h1-6,8-11,24-26H,7,12-21H2,(H,31,35). The SMILES string of the molecule is O=C(CN1CN(c2ccccc2)C2(CCN(C(=O)C3CC3c3ccccc3)CC2)C1=O)NCC1CCCO1. The molecule has 3 unspecified atom stereocenters. The van der Waals surface area contributed by atoms with Gasteiger partial charge in [-0.1, -0.05) is 48.5 Å². The van der Waals surface area contributed by atoms with E-state index in [1.165, 1.54) is 5.56 Å². The smallest absolute Gasteiger partial charge is 0.250 e. The number of para-hydroxylation sites is 1. The largest absolute Gasteiger partial charge is 0.376 e. The van der Waals surface area contributed by atoms with Crippen molar-refractivity contribution in [2.45, 2.75) is 49.7 Å². The second kappa shape index (κ2) is 10.4. The Labute approximate surface area is 223 Å². The molecule has 38 heavy (non-hydrogen) atoms. The summed E-state index contributed by atoms with van der Waals surface area (Å²) in [6, 6.07) is 20.2. The fraction of sp³-hybridized carbons (Fsp3) is 0.500. The van der Waals surface area contributed by atoms with E-state index >= 15 is 0 Å². The van der Waals surface area contributed by atoms with Crippen LogP contribution in [0.5, 0.6) is 0 Å². The number of ether oxygens (including phenoxy) is 1. The van der Waals surface area contributed by atoms with Crippen molar-refractivity contribution in [2.24, 2.45) is 5.92 Å². The number of likely N-dealkylation sites (tertiary alicyclic amines) is 1. The third kappa shape index (κ3) is 4.77. The maximum Gasteiger partial charge on any atom is 0.250 e. The molecule has 3 saturated heterocycles. The lowest BCUT2D eigenvalue weighted by Gasteiger charge is -2.43. The van der Waals surface area contributed by atoms with E-state index in [0.717, 1.165) is 31.6 Å². The van der Waals surface area contributed by atoms with Crippen molar-refractivity contribution >= 4 is 23.4 Å². The van der Waals surface area contributed by atoms with E-state index in [4.69, 9.17) is 4.74 Å². The molecule has 1 N–H and O–H groups in total. The van der Waals surface area contributed by atoms with Crippen LogP contribution in [0, 0.1) is 5.92 Å². The molecule has 3 atom stereocenters. The van der Waals surface area contributed by atoms with Gasteiger partial charge in [-0.2, -0.15) is 0 Å². The van der Waals surface area contributed by atoms with Crippen LogP contribution in [-0.2, 0) is 19.1 Å². The molecule has 6 rings (SSSR count). The van der Waals surface area contributed by atoms with Crippen LogP contribution in [0.2, 0.25) is 0 Å². The Morgan fingerprint density at radius 2 is 1.71 bits per heavy atom. The number of anilines is 1. The van der Waals surface area contributed by atoms with E-state index < -0.39 is 5.54 Å². The highest BCUT2D eigenvalue weighted by Crippen LogP contribution is 2.49. The highest BCUT2D eigenvalue weighted by molar-refractivity contribution is 5.96. The number of nitrogens with zero attached hydrogens (tertiary/aromatic N) is 3. The monoisotopic (exact) mass is 516 g/mol. The van der Waals surface area contributed by atoms with E-state index in [2.05, 4.69) is 22.3 Å². The van der Waals surface area contributed by atoms with Crippen molar-refractivity contribution in [2.75, 3.05) is 44.4 Å². The Morgan fingerprint density at radius 1 is 1.00 bits per heavy atom. The van der Waals surface area contributed by atoms with Crippen LogP contribution in [0.3, 0.4) is 0 Å². The van der Waals surface area contributed by atoms with Gasteiger partial charge in [0.2, 0.25) is 11.8 Å². The summed E-state index contributed by atoms with van der Waals surface area (Å²) in [6.07, 6.45) is 4.05. The zero-order chi connectivity index (χ0) is 26.1. The molecule has 3 amide bonds. The molecule has 2 aromatic carbocycles. The fourth-order valence-electron chi connectivity index (χ4n) is 6.45. The number of carbonyl (C=O) groups is 3. The molecule has 0 radical (unpaired) electrons. The van der Waals surface area contributed by atoms with Crippen LogP contribution >= 0.6 is 0 Å². The molecule has 3 aliphatic heterocycles. The first-order valence-corrected chi connectivity index (χ1v) is 13.9. The lowest BCUT2D eigenvalue weighted by molar-refractivity contribution is -0.140. The van der Waals surface area contributed by atoms with Crippen LogP contribution in [0.25, 0.3) is 0 Å². The highest BCUT2D eigenvalue weighted by atomic mass is 16.5. The Kier molecular flexibility index (Phi) is 6.82. The molecule has 200 valence electrons. The van der Waals surface area contributed by atoms with Crippen LogP contribution in [-0.4, -0.2) is 78.6 Å². The van der Waals surface area contributed by atoms with Crippen LogP contribution in [0.15, 0.2) is 60.7 Å². The first-order chi connectivity index (χ1) is 18.5. The molecule has 3 heterocycles. The van der Waals surface area contributed by atoms with Gasteiger partial charge in [0.15, 0.2) is 0 Å². The minimum absolute atomic E-state index is 0.0192. The Hall–Kier alpha value is -3.39. The summed E-state index contributed by atoms with van der Waals surface area (Å²) >= 11 is 0. The number of nitrogens with one attached hydrogen (secondary N) is 1. The van der Waals surface area contributed by atoms with Crippen molar-refractivity contribution in [3.05, 3.63) is 66.2 Å². The van der Waals surface area contributed by atoms with E-state index in [1.54, 1.807) is 4.90 Å². The van der Waals surface area contributed by atoms with Gasteiger partial charge in [0, 0.05) is 37.8 Å². The van der Waals surface area contributed by atoms with E-state index in [9.17, 15) is 14.4 Å². The summed E-state index contributed by atoms with van der Waals surface area (Å²) in [7, 11) is 0. The second-order valence-corrected chi connectivity index (χ2v) is 11.1. The van der Waals surface area contributed by atoms with Gasteiger partial charge in [-0.25, -0.2) is 0 Å². The Morgan fingerprint density at radius 3 is 2.39 bits per heavy atom. The summed E-state index contributed by atoms with van der Waals surface area (Å²) in [5, 5.41) is 2.95. The summed E-state index contributed by atoms with van der Waals surface area (Å²) in [5.41, 5.74) is 1.46. The predicted molar refractivity (Wildman–Crippen MR) is 143 cm³/mol. The Balaban J connectivity index is 1.12. The van der Waals surface area contributed by atoms with Gasteiger partial charge in [-0.15, -0.1) is 0 Å². The molecule has 1 saturated carbocycles. The third-order valence-corrected chi connectivity index (χ3v) is 8.70. The molecule has 0 aromatic heterocycles. The van der Waals surface area contributed by atoms with Gasteiger partial charge in [0.1, 0.15) is 12.1 Å². The van der Waals surface area contributed by atoms with Crippen molar-refractivity contribution in [3.8, 4) is 0 Å². The lowest BCUT2D eigenvalue weighted by atomic mass is 9.85. The first-order valence-electron chi connectivity index (χ1n) is 13.9. The van der Waals surface area contributed by atoms with E-state index in [0.29, 0.717) is 45.1 Å². The summed E-state index contributed by atoms with van der Waals surface area (Å²) in [4.78, 5) is 45.7. The lowest BCUT2D eigenvalue weighted by Crippen LogP contribution is -2.57. The summed E-state index contributed by atoms with van der Waals surface area (Å²) < 4.78 is 5.61. The van der Waals surface area contributed by atoms with Gasteiger partial charge in [0.05, 0.1) is 12.8 Å². The zero-order valence-electron chi connectivity index (χ0n) is 21.8. The van der Waals surface area contributed by atoms with Crippen molar-refractivity contribution < 1.29 is 19.1 Å². The minimum atomic E-state index is -0.741. The second-order valence-electron chi connectivity index (χ2n) is 11.1. The third-order valence-electron chi connectivity index (χ3n) is 8.70. The van der Waals surface area contributed by atoms with Gasteiger partial charge < -0.3 is 24.8 Å². The van der Waals surface area contributed by atoms with Gasteiger partial charge >= 0.3 is 0 Å². The average molecular weight is 517 g/mol. The van der Waals surface area contributed by atoms with Crippen LogP contribution in [0.4, 0.5) is 5.69 Å². The van der Waals surface area contributed by atoms with Crippen LogP contribution in [0.1, 0.15) is 43.6 Å². The maximum absolute atomic E-state index is 13.9. The number of benzene rings is 2. The minimum Gasteiger partial charge on any atom is -0.376 e. The number of piperidine rings is 1. The van der Waals surface area contributed by atoms with Crippen molar-refractivity contribution in [1.82, 2.24) is 15.1 Å². The molecule has 8 heteroatoms. The fourth-order valence-corrected chi connectivity index (χ4v) is 6.45. The highest BCUT2D eigenvalue weighted by Gasteiger charge is 2.55. The molecule has 4 fully saturated rings. The summed E-state index contributed by atoms with van der Waals surface area (Å²) in [5.74, 6) is 0.370. The number of carbonyl (C=O) groups excluding carboxylic acids is 3. The first kappa shape index (κ1) is 24.9. The van der Waals surface area contributed by atoms with Gasteiger partial charge in [-0.05, 0) is 55.7 Å². The number of amides is 3. The number of hydrogen-bond donors (Lipinski definition) is 1. The quantitative estimate of drug-likeness (QED) is 0.612. The molecule has 1 aliphatic carbocycles. The van der Waals surface area contributed by atoms with E-state index in [-0.39, 0.29) is 36.3 Å². The molecule has 8 nitrogen and oxygen atoms in total. The topological polar surface area (TPSA) is 82.2 Å². The predicted octanol–water partition coefficient (Wildman–Crippen LogP) is 2.75. The molecule has 1 spiro atoms. The molecule has 0 bridgehead atoms. The zero-order valence-corrected chi connectivity index (χ0v) is 21.8. The average Bonchev–Trinajstić information content (AvgIpc) is 3.51. The van der Waals surface area contributed by atoms with Crippen molar-refractivity contribution in [1.29, 1.82) is 0 Å². The molecular weight excluding hydrogens is 480 g/mol. The normalized spacial score (nSPS) is 26.2. The number of hydrogen-bond acceptors (Lipinski definition) is 5. The molecule has 2 aromatic rings. The van der Waals surface area contributed by atoms with Crippen molar-refractivity contribution in [3.63, 3.8) is 0 Å². The van der Waals surface area contributed by atoms with Crippen LogP contribution < -0.4 is 10.2 Å². The van der Waals surface area contributed by atoms with E-state index in [1.807, 2.05) is 53.4 Å². The molecule has 4 aliphatic rings. The number of rotatable bonds is 7. The Bertz CT molecular complexity index is 1160. The maximum atomic E-state index is 13.9.